The number of hydrogen-bond acceptors (Lipinski definition) is 6. The predicted molar refractivity (Wildman–Crippen MR) is 93.2 cm³/mol. The molecule has 2 aromatic rings. The van der Waals surface area contributed by atoms with Crippen molar-refractivity contribution in [1.29, 1.82) is 0 Å². The Labute approximate surface area is 148 Å². The maximum atomic E-state index is 12.7. The molecular formula is C17H19N3O6. The topological polar surface area (TPSA) is 112 Å². The number of anilines is 1. The number of nitrogens with zero attached hydrogens (tertiary/aromatic N) is 2. The molecular weight excluding hydrogens is 342 g/mol. The van der Waals surface area contributed by atoms with Gasteiger partial charge in [-0.25, -0.2) is 4.79 Å². The van der Waals surface area contributed by atoms with Crippen molar-refractivity contribution in [1.82, 2.24) is 9.13 Å². The lowest BCUT2D eigenvalue weighted by Crippen LogP contribution is -2.44. The van der Waals surface area contributed by atoms with E-state index in [2.05, 4.69) is 5.32 Å². The summed E-state index contributed by atoms with van der Waals surface area (Å²) in [5.74, 6) is -0.621. The Hall–Kier alpha value is -3.23. The van der Waals surface area contributed by atoms with E-state index < -0.39 is 17.2 Å². The summed E-state index contributed by atoms with van der Waals surface area (Å²) in [7, 11) is 5.66. The van der Waals surface area contributed by atoms with Crippen molar-refractivity contribution < 1.29 is 19.4 Å². The van der Waals surface area contributed by atoms with Crippen molar-refractivity contribution >= 4 is 11.7 Å². The number of hydrogen-bond donors (Lipinski definition) is 2. The molecule has 0 aliphatic carbocycles. The number of nitrogens with one attached hydrogen (secondary N) is 1. The molecule has 2 N–H and O–H groups in total. The number of carbonyl (C=O) groups is 1. The second-order valence-electron chi connectivity index (χ2n) is 6.05. The lowest BCUT2D eigenvalue weighted by molar-refractivity contribution is -0.116. The number of phenolic OH excluding ortho intramolecular Hbond substituents is 1. The molecule has 2 heterocycles. The van der Waals surface area contributed by atoms with Gasteiger partial charge in [-0.2, -0.15) is 0 Å². The van der Waals surface area contributed by atoms with Crippen LogP contribution in [0.15, 0.2) is 21.7 Å². The summed E-state index contributed by atoms with van der Waals surface area (Å²) < 4.78 is 12.6. The second-order valence-corrected chi connectivity index (χ2v) is 6.05. The van der Waals surface area contributed by atoms with Crippen LogP contribution in [-0.4, -0.2) is 34.4 Å². The third-order valence-corrected chi connectivity index (χ3v) is 4.60. The first kappa shape index (κ1) is 17.6. The van der Waals surface area contributed by atoms with Crippen LogP contribution in [0.2, 0.25) is 0 Å². The fraction of sp³-hybridized carbons (Fsp3) is 0.353. The number of aromatic hydroxyl groups is 1. The van der Waals surface area contributed by atoms with Gasteiger partial charge in [0.2, 0.25) is 11.7 Å². The number of fused-ring (bicyclic) bond motifs is 1. The third kappa shape index (κ3) is 2.52. The van der Waals surface area contributed by atoms with Crippen LogP contribution in [0.5, 0.6) is 17.2 Å². The van der Waals surface area contributed by atoms with Crippen LogP contribution < -0.4 is 26.0 Å². The van der Waals surface area contributed by atoms with E-state index in [1.165, 1.54) is 32.9 Å². The molecule has 1 atom stereocenters. The molecule has 26 heavy (non-hydrogen) atoms. The van der Waals surface area contributed by atoms with E-state index in [9.17, 15) is 19.5 Å². The van der Waals surface area contributed by atoms with Gasteiger partial charge in [0.05, 0.1) is 19.8 Å². The molecule has 1 aromatic heterocycles. The van der Waals surface area contributed by atoms with E-state index in [0.717, 1.165) is 4.57 Å². The van der Waals surface area contributed by atoms with Crippen LogP contribution in [0.4, 0.5) is 5.82 Å². The van der Waals surface area contributed by atoms with Crippen molar-refractivity contribution in [3.63, 3.8) is 0 Å². The monoisotopic (exact) mass is 361 g/mol. The maximum Gasteiger partial charge on any atom is 0.332 e. The first-order valence-corrected chi connectivity index (χ1v) is 7.84. The zero-order valence-corrected chi connectivity index (χ0v) is 14.8. The number of carbonyl (C=O) groups excluding carboxylic acids is 1. The lowest BCUT2D eigenvalue weighted by atomic mass is 9.86. The van der Waals surface area contributed by atoms with Crippen molar-refractivity contribution in [3.8, 4) is 17.2 Å². The van der Waals surface area contributed by atoms with E-state index in [1.54, 1.807) is 12.1 Å². The highest BCUT2D eigenvalue weighted by Crippen LogP contribution is 2.42. The predicted octanol–water partition coefficient (Wildman–Crippen LogP) is 0.281. The van der Waals surface area contributed by atoms with Gasteiger partial charge in [0.25, 0.3) is 5.56 Å². The molecule has 138 valence electrons. The highest BCUT2D eigenvalue weighted by Gasteiger charge is 2.33. The van der Waals surface area contributed by atoms with Crippen LogP contribution in [0.3, 0.4) is 0 Å². The van der Waals surface area contributed by atoms with Gasteiger partial charge >= 0.3 is 5.69 Å². The second kappa shape index (κ2) is 6.25. The van der Waals surface area contributed by atoms with Crippen molar-refractivity contribution in [2.24, 2.45) is 14.1 Å². The van der Waals surface area contributed by atoms with Gasteiger partial charge in [-0.15, -0.1) is 0 Å². The minimum Gasteiger partial charge on any atom is -0.502 e. The Kier molecular flexibility index (Phi) is 4.23. The molecule has 0 spiro atoms. The molecule has 1 aliphatic heterocycles. The molecule has 0 saturated carbocycles. The Morgan fingerprint density at radius 1 is 1.08 bits per heavy atom. The lowest BCUT2D eigenvalue weighted by Gasteiger charge is -2.27. The SMILES string of the molecule is COc1cc([C@@H]2CC(=O)Nc3c2c(=O)n(C)c(=O)n3C)cc(OC)c1O. The van der Waals surface area contributed by atoms with Crippen molar-refractivity contribution in [2.75, 3.05) is 19.5 Å². The highest BCUT2D eigenvalue weighted by molar-refractivity contribution is 5.94. The number of amides is 1. The van der Waals surface area contributed by atoms with E-state index >= 15 is 0 Å². The molecule has 0 bridgehead atoms. The molecule has 0 saturated heterocycles. The summed E-state index contributed by atoms with van der Waals surface area (Å²) in [6, 6.07) is 3.10. The molecule has 9 heteroatoms. The third-order valence-electron chi connectivity index (χ3n) is 4.60. The minimum absolute atomic E-state index is 0.0114. The van der Waals surface area contributed by atoms with E-state index in [0.29, 0.717) is 11.1 Å². The van der Waals surface area contributed by atoms with Gasteiger partial charge in [0.15, 0.2) is 11.5 Å². The van der Waals surface area contributed by atoms with Gasteiger partial charge in [0, 0.05) is 26.4 Å². The molecule has 1 aliphatic rings. The molecule has 1 amide bonds. The number of rotatable bonds is 3. The van der Waals surface area contributed by atoms with Crippen LogP contribution >= 0.6 is 0 Å². The van der Waals surface area contributed by atoms with Crippen LogP contribution in [-0.2, 0) is 18.9 Å². The maximum absolute atomic E-state index is 12.7. The Morgan fingerprint density at radius 2 is 1.65 bits per heavy atom. The summed E-state index contributed by atoms with van der Waals surface area (Å²) in [5.41, 5.74) is -0.165. The van der Waals surface area contributed by atoms with Gasteiger partial charge in [-0.3, -0.25) is 18.7 Å². The van der Waals surface area contributed by atoms with Gasteiger partial charge in [0.1, 0.15) is 5.82 Å². The normalized spacial score (nSPS) is 16.0. The number of aromatic nitrogens is 2. The zero-order valence-electron chi connectivity index (χ0n) is 14.8. The van der Waals surface area contributed by atoms with Gasteiger partial charge < -0.3 is 19.9 Å². The Balaban J connectivity index is 2.32. The van der Waals surface area contributed by atoms with Gasteiger partial charge in [-0.1, -0.05) is 0 Å². The van der Waals surface area contributed by atoms with Crippen molar-refractivity contribution in [3.05, 3.63) is 44.1 Å². The number of methoxy groups -OCH3 is 2. The number of phenols is 1. The van der Waals surface area contributed by atoms with Crippen LogP contribution in [0.1, 0.15) is 23.5 Å². The van der Waals surface area contributed by atoms with Crippen LogP contribution in [0, 0.1) is 0 Å². The van der Waals surface area contributed by atoms with E-state index in [1.807, 2.05) is 0 Å². The first-order valence-electron chi connectivity index (χ1n) is 7.84. The summed E-state index contributed by atoms with van der Waals surface area (Å²) in [4.78, 5) is 37.1. The highest BCUT2D eigenvalue weighted by atomic mass is 16.5. The molecule has 0 unspecified atom stereocenters. The summed E-state index contributed by atoms with van der Waals surface area (Å²) >= 11 is 0. The fourth-order valence-corrected chi connectivity index (χ4v) is 3.21. The largest absolute Gasteiger partial charge is 0.502 e. The molecule has 3 rings (SSSR count). The minimum atomic E-state index is -0.618. The fourth-order valence-electron chi connectivity index (χ4n) is 3.21. The Bertz CT molecular complexity index is 995. The van der Waals surface area contributed by atoms with Crippen LogP contribution in [0.25, 0.3) is 0 Å². The molecule has 1 aromatic carbocycles. The Morgan fingerprint density at radius 3 is 2.19 bits per heavy atom. The van der Waals surface area contributed by atoms with E-state index in [-0.39, 0.29) is 35.4 Å². The molecule has 9 nitrogen and oxygen atoms in total. The van der Waals surface area contributed by atoms with Crippen molar-refractivity contribution in [2.45, 2.75) is 12.3 Å². The summed E-state index contributed by atoms with van der Waals surface area (Å²) in [6.07, 6.45) is 0.0114. The standard InChI is InChI=1S/C17H19N3O6/c1-19-15-13(16(23)20(2)17(19)24)9(7-12(21)18-15)8-5-10(25-3)14(22)11(6-8)26-4/h5-6,9,22H,7H2,1-4H3,(H,18,21)/t9-/m0/s1. The average molecular weight is 361 g/mol. The summed E-state index contributed by atoms with van der Waals surface area (Å²) in [6.45, 7) is 0. The quantitative estimate of drug-likeness (QED) is 0.812. The first-order chi connectivity index (χ1) is 12.3. The molecule has 0 radical (unpaired) electrons. The molecule has 0 fully saturated rings. The average Bonchev–Trinajstić information content (AvgIpc) is 2.64. The smallest absolute Gasteiger partial charge is 0.332 e. The summed E-state index contributed by atoms with van der Waals surface area (Å²) in [5, 5.41) is 12.7. The number of ether oxygens (including phenoxy) is 2. The zero-order chi connectivity index (χ0) is 19.2. The van der Waals surface area contributed by atoms with E-state index in [4.69, 9.17) is 9.47 Å². The van der Waals surface area contributed by atoms with Gasteiger partial charge in [-0.05, 0) is 17.7 Å². The number of benzene rings is 1.